The van der Waals surface area contributed by atoms with Crippen LogP contribution in [-0.4, -0.2) is 45.4 Å². The van der Waals surface area contributed by atoms with Crippen LogP contribution in [0.2, 0.25) is 5.02 Å². The number of thioether (sulfide) groups is 1. The minimum absolute atomic E-state index is 0.00149. The van der Waals surface area contributed by atoms with Crippen LogP contribution in [-0.2, 0) is 22.6 Å². The number of carbonyl (C=O) groups excluding carboxylic acids is 3. The maximum absolute atomic E-state index is 13.8. The van der Waals surface area contributed by atoms with E-state index in [0.717, 1.165) is 11.8 Å². The average Bonchev–Trinajstić information content (AvgIpc) is 3.24. The molecule has 1 aromatic heterocycles. The van der Waals surface area contributed by atoms with Crippen molar-refractivity contribution in [1.82, 2.24) is 20.1 Å². The van der Waals surface area contributed by atoms with Crippen molar-refractivity contribution < 1.29 is 23.5 Å². The van der Waals surface area contributed by atoms with E-state index in [1.165, 1.54) is 43.5 Å². The maximum atomic E-state index is 13.8. The zero-order valence-corrected chi connectivity index (χ0v) is 19.9. The first-order valence-corrected chi connectivity index (χ1v) is 11.5. The van der Waals surface area contributed by atoms with Crippen LogP contribution in [0.15, 0.2) is 47.6 Å². The first-order chi connectivity index (χ1) is 16.3. The van der Waals surface area contributed by atoms with Gasteiger partial charge in [0.2, 0.25) is 5.91 Å². The number of amides is 2. The quantitative estimate of drug-likeness (QED) is 0.337. The number of halogens is 2. The molecule has 0 atom stereocenters. The predicted molar refractivity (Wildman–Crippen MR) is 125 cm³/mol. The van der Waals surface area contributed by atoms with E-state index in [9.17, 15) is 18.8 Å². The van der Waals surface area contributed by atoms with Gasteiger partial charge in [-0.3, -0.25) is 9.59 Å². The molecule has 0 fully saturated rings. The van der Waals surface area contributed by atoms with Gasteiger partial charge in [-0.1, -0.05) is 35.5 Å². The SMILES string of the molecule is CCn1c(CNC(=O)c2ccccc2F)nnc1SCC(=O)Nc1cc(C(=O)OC)ccc1Cl. The van der Waals surface area contributed by atoms with E-state index in [1.807, 2.05) is 6.92 Å². The second-order valence-electron chi connectivity index (χ2n) is 6.83. The van der Waals surface area contributed by atoms with Crippen molar-refractivity contribution in [2.24, 2.45) is 0 Å². The summed E-state index contributed by atoms with van der Waals surface area (Å²) in [4.78, 5) is 36.4. The molecule has 0 aliphatic carbocycles. The molecule has 2 N–H and O–H groups in total. The van der Waals surface area contributed by atoms with Gasteiger partial charge in [-0.2, -0.15) is 0 Å². The summed E-state index contributed by atoms with van der Waals surface area (Å²) in [5.74, 6) is -1.64. The Morgan fingerprint density at radius 2 is 1.94 bits per heavy atom. The highest BCUT2D eigenvalue weighted by molar-refractivity contribution is 7.99. The number of benzene rings is 2. The minimum atomic E-state index is -0.614. The lowest BCUT2D eigenvalue weighted by molar-refractivity contribution is -0.113. The molecule has 34 heavy (non-hydrogen) atoms. The van der Waals surface area contributed by atoms with Crippen LogP contribution in [0.4, 0.5) is 10.1 Å². The lowest BCUT2D eigenvalue weighted by Crippen LogP contribution is -2.25. The Kier molecular flexibility index (Phi) is 8.61. The summed E-state index contributed by atoms with van der Waals surface area (Å²) in [7, 11) is 1.26. The summed E-state index contributed by atoms with van der Waals surface area (Å²) in [6, 6.07) is 10.1. The Morgan fingerprint density at radius 3 is 2.65 bits per heavy atom. The van der Waals surface area contributed by atoms with Gasteiger partial charge in [0.05, 0.1) is 41.2 Å². The Morgan fingerprint density at radius 1 is 1.18 bits per heavy atom. The molecule has 12 heteroatoms. The van der Waals surface area contributed by atoms with Crippen LogP contribution in [0, 0.1) is 5.82 Å². The van der Waals surface area contributed by atoms with Crippen molar-refractivity contribution >= 4 is 46.8 Å². The van der Waals surface area contributed by atoms with Gasteiger partial charge in [0.15, 0.2) is 11.0 Å². The van der Waals surface area contributed by atoms with Crippen molar-refractivity contribution in [3.8, 4) is 0 Å². The molecule has 2 amide bonds. The van der Waals surface area contributed by atoms with Crippen molar-refractivity contribution in [3.63, 3.8) is 0 Å². The third-order valence-electron chi connectivity index (χ3n) is 4.63. The number of nitrogens with one attached hydrogen (secondary N) is 2. The van der Waals surface area contributed by atoms with E-state index in [4.69, 9.17) is 11.6 Å². The Hall–Kier alpha value is -3.44. The van der Waals surface area contributed by atoms with Gasteiger partial charge in [0.1, 0.15) is 5.82 Å². The summed E-state index contributed by atoms with van der Waals surface area (Å²) in [5, 5.41) is 14.2. The molecule has 178 valence electrons. The largest absolute Gasteiger partial charge is 0.465 e. The Bertz CT molecular complexity index is 1220. The van der Waals surface area contributed by atoms with E-state index < -0.39 is 17.7 Å². The number of rotatable bonds is 9. The average molecular weight is 506 g/mol. The molecular weight excluding hydrogens is 485 g/mol. The number of esters is 1. The molecule has 0 saturated heterocycles. The van der Waals surface area contributed by atoms with Gasteiger partial charge >= 0.3 is 5.97 Å². The molecule has 3 rings (SSSR count). The number of hydrogen-bond acceptors (Lipinski definition) is 7. The summed E-state index contributed by atoms with van der Waals surface area (Å²) in [5.41, 5.74) is 0.470. The second kappa shape index (κ2) is 11.6. The fourth-order valence-electron chi connectivity index (χ4n) is 2.96. The van der Waals surface area contributed by atoms with Crippen molar-refractivity contribution in [3.05, 3.63) is 70.3 Å². The van der Waals surface area contributed by atoms with Crippen molar-refractivity contribution in [1.29, 1.82) is 0 Å². The third-order valence-corrected chi connectivity index (χ3v) is 5.93. The zero-order chi connectivity index (χ0) is 24.7. The first-order valence-electron chi connectivity index (χ1n) is 10.1. The first kappa shape index (κ1) is 25.2. The summed E-state index contributed by atoms with van der Waals surface area (Å²) >= 11 is 7.26. The molecular formula is C22H21ClFN5O4S. The van der Waals surface area contributed by atoms with Gasteiger partial charge < -0.3 is 19.9 Å². The van der Waals surface area contributed by atoms with Crippen LogP contribution < -0.4 is 10.6 Å². The van der Waals surface area contributed by atoms with Crippen LogP contribution in [0.1, 0.15) is 33.5 Å². The van der Waals surface area contributed by atoms with E-state index in [1.54, 1.807) is 10.6 Å². The highest BCUT2D eigenvalue weighted by atomic mass is 35.5. The van der Waals surface area contributed by atoms with Gasteiger partial charge in [-0.25, -0.2) is 9.18 Å². The number of hydrogen-bond donors (Lipinski definition) is 2. The van der Waals surface area contributed by atoms with Gasteiger partial charge in [-0.15, -0.1) is 10.2 Å². The summed E-state index contributed by atoms with van der Waals surface area (Å²) in [6.07, 6.45) is 0. The lowest BCUT2D eigenvalue weighted by atomic mass is 10.2. The molecule has 0 radical (unpaired) electrons. The van der Waals surface area contributed by atoms with Gasteiger partial charge in [0, 0.05) is 6.54 Å². The molecule has 0 saturated carbocycles. The van der Waals surface area contributed by atoms with Crippen LogP contribution in [0.3, 0.4) is 0 Å². The fraction of sp³-hybridized carbons (Fsp3) is 0.227. The fourth-order valence-corrected chi connectivity index (χ4v) is 3.94. The molecule has 1 heterocycles. The standard InChI is InChI=1S/C22H21ClFN5O4S/c1-3-29-18(11-25-20(31)14-6-4-5-7-16(14)24)27-28-22(29)34-12-19(30)26-17-10-13(21(32)33-2)8-9-15(17)23/h4-10H,3,11-12H2,1-2H3,(H,25,31)(H,26,30). The summed E-state index contributed by atoms with van der Waals surface area (Å²) < 4.78 is 20.2. The number of nitrogens with zero attached hydrogens (tertiary/aromatic N) is 3. The zero-order valence-electron chi connectivity index (χ0n) is 18.3. The Labute approximate surface area is 204 Å². The smallest absolute Gasteiger partial charge is 0.337 e. The highest BCUT2D eigenvalue weighted by Crippen LogP contribution is 2.24. The van der Waals surface area contributed by atoms with Crippen molar-refractivity contribution in [2.45, 2.75) is 25.2 Å². The molecule has 9 nitrogen and oxygen atoms in total. The van der Waals surface area contributed by atoms with Crippen molar-refractivity contribution in [2.75, 3.05) is 18.2 Å². The summed E-state index contributed by atoms with van der Waals surface area (Å²) in [6.45, 7) is 2.40. The maximum Gasteiger partial charge on any atom is 0.337 e. The van der Waals surface area contributed by atoms with E-state index in [2.05, 4.69) is 25.6 Å². The van der Waals surface area contributed by atoms with Gasteiger partial charge in [-0.05, 0) is 37.3 Å². The molecule has 0 unspecified atom stereocenters. The van der Waals surface area contributed by atoms with Crippen LogP contribution in [0.5, 0.6) is 0 Å². The molecule has 0 aliphatic heterocycles. The Balaban J connectivity index is 1.60. The molecule has 0 spiro atoms. The van der Waals surface area contributed by atoms with Gasteiger partial charge in [0.25, 0.3) is 5.91 Å². The lowest BCUT2D eigenvalue weighted by Gasteiger charge is -2.10. The molecule has 2 aromatic carbocycles. The minimum Gasteiger partial charge on any atom is -0.465 e. The number of aromatic nitrogens is 3. The van der Waals surface area contributed by atoms with E-state index in [-0.39, 0.29) is 40.0 Å². The number of carbonyl (C=O) groups is 3. The normalized spacial score (nSPS) is 10.6. The number of ether oxygens (including phenoxy) is 1. The number of anilines is 1. The monoisotopic (exact) mass is 505 g/mol. The number of methoxy groups -OCH3 is 1. The van der Waals surface area contributed by atoms with E-state index in [0.29, 0.717) is 17.5 Å². The van der Waals surface area contributed by atoms with Crippen LogP contribution in [0.25, 0.3) is 0 Å². The van der Waals surface area contributed by atoms with E-state index >= 15 is 0 Å². The van der Waals surface area contributed by atoms with Crippen LogP contribution >= 0.6 is 23.4 Å². The molecule has 0 aliphatic rings. The highest BCUT2D eigenvalue weighted by Gasteiger charge is 2.17. The second-order valence-corrected chi connectivity index (χ2v) is 8.18. The molecule has 3 aromatic rings. The topological polar surface area (TPSA) is 115 Å². The molecule has 0 bridgehead atoms. The predicted octanol–water partition coefficient (Wildman–Crippen LogP) is 3.54. The third kappa shape index (κ3) is 6.12.